The van der Waals surface area contributed by atoms with Gasteiger partial charge in [0.1, 0.15) is 6.61 Å². The van der Waals surface area contributed by atoms with Crippen LogP contribution in [0.25, 0.3) is 0 Å². The van der Waals surface area contributed by atoms with Crippen LogP contribution in [0.15, 0.2) is 0 Å². The van der Waals surface area contributed by atoms with E-state index in [4.69, 9.17) is 4.74 Å². The molecule has 110 valence electrons. The molecule has 1 aliphatic carbocycles. The molecule has 2 fully saturated rings. The number of carbonyl (C=O) groups excluding carboxylic acids is 1. The lowest BCUT2D eigenvalue weighted by atomic mass is 10.1. The van der Waals surface area contributed by atoms with Crippen LogP contribution in [0.2, 0.25) is 0 Å². The van der Waals surface area contributed by atoms with Gasteiger partial charge in [0.15, 0.2) is 0 Å². The van der Waals surface area contributed by atoms with Crippen molar-refractivity contribution in [2.75, 3.05) is 26.3 Å². The zero-order valence-corrected chi connectivity index (χ0v) is 12.2. The summed E-state index contributed by atoms with van der Waals surface area (Å²) in [5.41, 5.74) is 0. The molecule has 1 saturated heterocycles. The maximum absolute atomic E-state index is 11.6. The monoisotopic (exact) mass is 268 g/mol. The van der Waals surface area contributed by atoms with Crippen LogP contribution in [-0.2, 0) is 9.53 Å². The molecule has 19 heavy (non-hydrogen) atoms. The van der Waals surface area contributed by atoms with Gasteiger partial charge in [-0.15, -0.1) is 0 Å². The largest absolute Gasteiger partial charge is 0.372 e. The maximum atomic E-state index is 11.6. The van der Waals surface area contributed by atoms with Crippen LogP contribution in [0.3, 0.4) is 0 Å². The van der Waals surface area contributed by atoms with Gasteiger partial charge in [-0.25, -0.2) is 0 Å². The second kappa shape index (κ2) is 7.85. The summed E-state index contributed by atoms with van der Waals surface area (Å²) in [6.45, 7) is 4.89. The lowest BCUT2D eigenvalue weighted by molar-refractivity contribution is -0.126. The van der Waals surface area contributed by atoms with Crippen LogP contribution in [0.1, 0.15) is 51.9 Å². The quantitative estimate of drug-likeness (QED) is 0.775. The van der Waals surface area contributed by atoms with Gasteiger partial charge in [0.05, 0.1) is 0 Å². The van der Waals surface area contributed by atoms with E-state index in [1.54, 1.807) is 0 Å². The number of ether oxygens (including phenoxy) is 1. The molecule has 2 rings (SSSR count). The molecule has 0 bridgehead atoms. The summed E-state index contributed by atoms with van der Waals surface area (Å²) >= 11 is 0. The van der Waals surface area contributed by atoms with Gasteiger partial charge in [0.2, 0.25) is 5.91 Å². The molecular weight excluding hydrogens is 240 g/mol. The highest BCUT2D eigenvalue weighted by Gasteiger charge is 2.29. The Bertz CT molecular complexity index is 275. The second-order valence-corrected chi connectivity index (χ2v) is 5.83. The highest BCUT2D eigenvalue weighted by atomic mass is 16.5. The zero-order valence-electron chi connectivity index (χ0n) is 12.2. The first-order valence-electron chi connectivity index (χ1n) is 7.90. The summed E-state index contributed by atoms with van der Waals surface area (Å²) < 4.78 is 5.14. The van der Waals surface area contributed by atoms with E-state index in [1.165, 1.54) is 38.5 Å². The van der Waals surface area contributed by atoms with Gasteiger partial charge < -0.3 is 10.1 Å². The number of amides is 1. The molecule has 1 atom stereocenters. The van der Waals surface area contributed by atoms with Crippen LogP contribution in [0.5, 0.6) is 0 Å². The van der Waals surface area contributed by atoms with Crippen molar-refractivity contribution in [3.05, 3.63) is 0 Å². The summed E-state index contributed by atoms with van der Waals surface area (Å²) in [5, 5.41) is 3.09. The lowest BCUT2D eigenvalue weighted by Crippen LogP contribution is -2.41. The van der Waals surface area contributed by atoms with Gasteiger partial charge in [0.25, 0.3) is 0 Å². The molecule has 0 radical (unpaired) electrons. The van der Waals surface area contributed by atoms with Crippen molar-refractivity contribution in [2.45, 2.75) is 64.0 Å². The summed E-state index contributed by atoms with van der Waals surface area (Å²) in [4.78, 5) is 14.2. The van der Waals surface area contributed by atoms with Gasteiger partial charge >= 0.3 is 0 Å². The maximum Gasteiger partial charge on any atom is 0.246 e. The summed E-state index contributed by atoms with van der Waals surface area (Å²) in [5.74, 6) is 0.0366. The first-order valence-corrected chi connectivity index (χ1v) is 7.90. The average molecular weight is 268 g/mol. The SMILES string of the molecule is CCOCC(=O)N[C@@H]1CCN(C2CCCCCC2)C1. The molecule has 0 unspecified atom stereocenters. The summed E-state index contributed by atoms with van der Waals surface area (Å²) in [6.07, 6.45) is 9.34. The zero-order chi connectivity index (χ0) is 13.5. The molecule has 0 aromatic carbocycles. The van der Waals surface area contributed by atoms with Crippen LogP contribution >= 0.6 is 0 Å². The molecule has 0 spiro atoms. The number of carbonyl (C=O) groups is 1. The van der Waals surface area contributed by atoms with E-state index in [9.17, 15) is 4.79 Å². The average Bonchev–Trinajstić information content (AvgIpc) is 2.70. The first kappa shape index (κ1) is 14.8. The smallest absolute Gasteiger partial charge is 0.246 e. The Labute approximate surface area is 116 Å². The Morgan fingerprint density at radius 2 is 1.95 bits per heavy atom. The molecule has 1 N–H and O–H groups in total. The molecule has 1 aliphatic heterocycles. The van der Waals surface area contributed by atoms with Crippen molar-refractivity contribution in [2.24, 2.45) is 0 Å². The van der Waals surface area contributed by atoms with E-state index < -0.39 is 0 Å². The molecule has 0 aromatic heterocycles. The van der Waals surface area contributed by atoms with E-state index in [-0.39, 0.29) is 12.5 Å². The predicted octanol–water partition coefficient (Wildman–Crippen LogP) is 1.94. The number of hydrogen-bond donors (Lipinski definition) is 1. The Kier molecular flexibility index (Phi) is 6.11. The van der Waals surface area contributed by atoms with Crippen molar-refractivity contribution in [3.63, 3.8) is 0 Å². The number of likely N-dealkylation sites (tertiary alicyclic amines) is 1. The lowest BCUT2D eigenvalue weighted by Gasteiger charge is -2.26. The van der Waals surface area contributed by atoms with Gasteiger partial charge in [-0.1, -0.05) is 25.7 Å². The highest BCUT2D eigenvalue weighted by Crippen LogP contribution is 2.24. The third kappa shape index (κ3) is 4.77. The van der Waals surface area contributed by atoms with Crippen molar-refractivity contribution >= 4 is 5.91 Å². The summed E-state index contributed by atoms with van der Waals surface area (Å²) in [6, 6.07) is 1.09. The van der Waals surface area contributed by atoms with Gasteiger partial charge in [0, 0.05) is 31.8 Å². The first-order chi connectivity index (χ1) is 9.29. The minimum atomic E-state index is 0.0366. The number of hydrogen-bond acceptors (Lipinski definition) is 3. The van der Waals surface area contributed by atoms with Crippen LogP contribution in [0.4, 0.5) is 0 Å². The van der Waals surface area contributed by atoms with Gasteiger partial charge in [-0.05, 0) is 26.2 Å². The number of rotatable bonds is 5. The third-order valence-electron chi connectivity index (χ3n) is 4.36. The topological polar surface area (TPSA) is 41.6 Å². The standard InChI is InChI=1S/C15H28N2O2/c1-2-19-12-15(18)16-13-9-10-17(11-13)14-7-5-3-4-6-8-14/h13-14H,2-12H2,1H3,(H,16,18)/t13-/m1/s1. The Hall–Kier alpha value is -0.610. The van der Waals surface area contributed by atoms with Crippen molar-refractivity contribution in [3.8, 4) is 0 Å². The van der Waals surface area contributed by atoms with Crippen LogP contribution in [0, 0.1) is 0 Å². The number of nitrogens with one attached hydrogen (secondary N) is 1. The second-order valence-electron chi connectivity index (χ2n) is 5.83. The minimum Gasteiger partial charge on any atom is -0.372 e. The minimum absolute atomic E-state index is 0.0366. The van der Waals surface area contributed by atoms with E-state index in [1.807, 2.05) is 6.92 Å². The Balaban J connectivity index is 1.71. The molecule has 4 nitrogen and oxygen atoms in total. The fourth-order valence-corrected chi connectivity index (χ4v) is 3.32. The molecule has 0 aromatic rings. The van der Waals surface area contributed by atoms with Crippen molar-refractivity contribution in [1.29, 1.82) is 0 Å². The van der Waals surface area contributed by atoms with Crippen LogP contribution in [-0.4, -0.2) is 49.2 Å². The van der Waals surface area contributed by atoms with Gasteiger partial charge in [-0.2, -0.15) is 0 Å². The molecule has 1 amide bonds. The van der Waals surface area contributed by atoms with Crippen molar-refractivity contribution in [1.82, 2.24) is 10.2 Å². The van der Waals surface area contributed by atoms with E-state index in [0.717, 1.165) is 25.6 Å². The normalized spacial score (nSPS) is 26.3. The molecule has 1 heterocycles. The Morgan fingerprint density at radius 1 is 1.21 bits per heavy atom. The fourth-order valence-electron chi connectivity index (χ4n) is 3.32. The summed E-state index contributed by atoms with van der Waals surface area (Å²) in [7, 11) is 0. The van der Waals surface area contributed by atoms with Crippen molar-refractivity contribution < 1.29 is 9.53 Å². The Morgan fingerprint density at radius 3 is 2.63 bits per heavy atom. The molecule has 2 aliphatic rings. The van der Waals surface area contributed by atoms with Gasteiger partial charge in [-0.3, -0.25) is 9.69 Å². The van der Waals surface area contributed by atoms with Crippen LogP contribution < -0.4 is 5.32 Å². The highest BCUT2D eigenvalue weighted by molar-refractivity contribution is 5.77. The fraction of sp³-hybridized carbons (Fsp3) is 0.933. The molecule has 1 saturated carbocycles. The third-order valence-corrected chi connectivity index (χ3v) is 4.36. The number of nitrogens with zero attached hydrogens (tertiary/aromatic N) is 1. The van der Waals surface area contributed by atoms with E-state index in [0.29, 0.717) is 12.6 Å². The molecular formula is C15H28N2O2. The van der Waals surface area contributed by atoms with E-state index in [2.05, 4.69) is 10.2 Å². The predicted molar refractivity (Wildman–Crippen MR) is 76.1 cm³/mol. The molecule has 4 heteroatoms. The van der Waals surface area contributed by atoms with E-state index >= 15 is 0 Å².